The molecular weight excluding hydrogens is 234 g/mol. The molecule has 19 heavy (non-hydrogen) atoms. The predicted molar refractivity (Wildman–Crippen MR) is 79.4 cm³/mol. The normalized spacial score (nSPS) is 10.8. The summed E-state index contributed by atoms with van der Waals surface area (Å²) in [5, 5.41) is 6.04. The Hall–Kier alpha value is -2.29. The Balaban J connectivity index is 1.74. The maximum Gasteiger partial charge on any atom is 0.105 e. The van der Waals surface area contributed by atoms with Gasteiger partial charge >= 0.3 is 0 Å². The quantitative estimate of drug-likeness (QED) is 0.769. The molecule has 96 valence electrons. The minimum Gasteiger partial charge on any atom is -0.383 e. The van der Waals surface area contributed by atoms with Crippen molar-refractivity contribution >= 4 is 16.5 Å². The molecule has 3 heteroatoms. The third kappa shape index (κ3) is 2.45. The largest absolute Gasteiger partial charge is 0.383 e. The molecule has 0 spiro atoms. The van der Waals surface area contributed by atoms with Gasteiger partial charge in [-0.2, -0.15) is 0 Å². The second kappa shape index (κ2) is 5.14. The van der Waals surface area contributed by atoms with Crippen molar-refractivity contribution in [3.8, 4) is 0 Å². The maximum absolute atomic E-state index is 4.23. The molecule has 3 rings (SSSR count). The van der Waals surface area contributed by atoms with Crippen molar-refractivity contribution in [1.29, 1.82) is 0 Å². The molecule has 0 bridgehead atoms. The minimum atomic E-state index is 0.894. The van der Waals surface area contributed by atoms with Gasteiger partial charge in [0.1, 0.15) is 5.82 Å². The Labute approximate surface area is 112 Å². The highest BCUT2D eigenvalue weighted by Crippen LogP contribution is 2.22. The number of imidazole rings is 1. The lowest BCUT2D eigenvalue weighted by Crippen LogP contribution is -2.11. The molecule has 0 fully saturated rings. The lowest BCUT2D eigenvalue weighted by atomic mass is 10.1. The van der Waals surface area contributed by atoms with Crippen LogP contribution in [0.15, 0.2) is 54.9 Å². The van der Waals surface area contributed by atoms with Crippen LogP contribution in [-0.4, -0.2) is 16.1 Å². The standard InChI is InChI=1S/C16H17N3/c1-13-17-9-11-19(13)12-10-18-16-8-4-6-14-5-2-3-7-15(14)16/h2-9,11,18H,10,12H2,1H3. The van der Waals surface area contributed by atoms with Gasteiger partial charge in [-0.15, -0.1) is 0 Å². The predicted octanol–water partition coefficient (Wildman–Crippen LogP) is 3.46. The van der Waals surface area contributed by atoms with Crippen molar-refractivity contribution in [3.63, 3.8) is 0 Å². The van der Waals surface area contributed by atoms with Crippen LogP contribution in [-0.2, 0) is 6.54 Å². The van der Waals surface area contributed by atoms with Crippen molar-refractivity contribution < 1.29 is 0 Å². The first-order chi connectivity index (χ1) is 9.34. The Kier molecular flexibility index (Phi) is 3.19. The zero-order valence-electron chi connectivity index (χ0n) is 11.0. The molecule has 0 saturated heterocycles. The molecule has 0 amide bonds. The Bertz CT molecular complexity index is 680. The molecule has 1 heterocycles. The van der Waals surface area contributed by atoms with E-state index in [1.54, 1.807) is 0 Å². The summed E-state index contributed by atoms with van der Waals surface area (Å²) in [6.07, 6.45) is 3.85. The summed E-state index contributed by atoms with van der Waals surface area (Å²) < 4.78 is 2.15. The molecule has 1 aromatic heterocycles. The summed E-state index contributed by atoms with van der Waals surface area (Å²) in [4.78, 5) is 4.23. The van der Waals surface area contributed by atoms with Crippen molar-refractivity contribution in [2.75, 3.05) is 11.9 Å². The van der Waals surface area contributed by atoms with Gasteiger partial charge in [-0.1, -0.05) is 36.4 Å². The Morgan fingerprint density at radius 2 is 1.95 bits per heavy atom. The van der Waals surface area contributed by atoms with E-state index >= 15 is 0 Å². The number of aromatic nitrogens is 2. The number of aryl methyl sites for hydroxylation is 1. The van der Waals surface area contributed by atoms with Gasteiger partial charge in [0.05, 0.1) is 0 Å². The molecule has 1 N–H and O–H groups in total. The van der Waals surface area contributed by atoms with E-state index in [1.807, 2.05) is 19.3 Å². The Morgan fingerprint density at radius 3 is 2.79 bits per heavy atom. The Morgan fingerprint density at radius 1 is 1.11 bits per heavy atom. The van der Waals surface area contributed by atoms with E-state index in [1.165, 1.54) is 16.5 Å². The molecule has 0 saturated carbocycles. The summed E-state index contributed by atoms with van der Waals surface area (Å²) in [5.74, 6) is 1.06. The van der Waals surface area contributed by atoms with E-state index < -0.39 is 0 Å². The van der Waals surface area contributed by atoms with Crippen LogP contribution in [0.3, 0.4) is 0 Å². The molecule has 0 atom stereocenters. The SMILES string of the molecule is Cc1nccn1CCNc1cccc2ccccc12. The van der Waals surface area contributed by atoms with Crippen LogP contribution in [0.2, 0.25) is 0 Å². The second-order valence-corrected chi connectivity index (χ2v) is 4.62. The van der Waals surface area contributed by atoms with Crippen LogP contribution in [0.5, 0.6) is 0 Å². The number of fused-ring (bicyclic) bond motifs is 1. The van der Waals surface area contributed by atoms with E-state index in [0.29, 0.717) is 0 Å². The van der Waals surface area contributed by atoms with E-state index in [-0.39, 0.29) is 0 Å². The van der Waals surface area contributed by atoms with E-state index in [4.69, 9.17) is 0 Å². The van der Waals surface area contributed by atoms with Crippen LogP contribution in [0.25, 0.3) is 10.8 Å². The van der Waals surface area contributed by atoms with Gasteiger partial charge in [0.15, 0.2) is 0 Å². The number of hydrogen-bond acceptors (Lipinski definition) is 2. The molecule has 0 radical (unpaired) electrons. The maximum atomic E-state index is 4.23. The number of hydrogen-bond donors (Lipinski definition) is 1. The van der Waals surface area contributed by atoms with Crippen LogP contribution in [0.1, 0.15) is 5.82 Å². The first kappa shape index (κ1) is 11.8. The third-order valence-corrected chi connectivity index (χ3v) is 3.38. The van der Waals surface area contributed by atoms with Gasteiger partial charge in [0.25, 0.3) is 0 Å². The zero-order valence-corrected chi connectivity index (χ0v) is 11.0. The summed E-state index contributed by atoms with van der Waals surface area (Å²) >= 11 is 0. The second-order valence-electron chi connectivity index (χ2n) is 4.62. The molecular formula is C16H17N3. The fourth-order valence-electron chi connectivity index (χ4n) is 2.33. The average Bonchev–Trinajstić information content (AvgIpc) is 2.85. The van der Waals surface area contributed by atoms with Crippen LogP contribution in [0.4, 0.5) is 5.69 Å². The monoisotopic (exact) mass is 251 g/mol. The van der Waals surface area contributed by atoms with Crippen LogP contribution >= 0.6 is 0 Å². The van der Waals surface area contributed by atoms with Crippen molar-refractivity contribution in [2.24, 2.45) is 0 Å². The number of anilines is 1. The van der Waals surface area contributed by atoms with Crippen LogP contribution in [0, 0.1) is 6.92 Å². The van der Waals surface area contributed by atoms with Gasteiger partial charge < -0.3 is 9.88 Å². The van der Waals surface area contributed by atoms with Gasteiger partial charge in [-0.3, -0.25) is 0 Å². The summed E-state index contributed by atoms with van der Waals surface area (Å²) in [5.41, 5.74) is 1.19. The van der Waals surface area contributed by atoms with Gasteiger partial charge in [-0.25, -0.2) is 4.98 Å². The number of nitrogens with one attached hydrogen (secondary N) is 1. The first-order valence-corrected chi connectivity index (χ1v) is 6.54. The molecule has 0 aliphatic heterocycles. The van der Waals surface area contributed by atoms with Crippen molar-refractivity contribution in [1.82, 2.24) is 9.55 Å². The number of nitrogens with zero attached hydrogens (tertiary/aromatic N) is 2. The van der Waals surface area contributed by atoms with Gasteiger partial charge in [-0.05, 0) is 18.4 Å². The van der Waals surface area contributed by atoms with Crippen LogP contribution < -0.4 is 5.32 Å². The van der Waals surface area contributed by atoms with Crippen molar-refractivity contribution in [3.05, 3.63) is 60.7 Å². The lowest BCUT2D eigenvalue weighted by molar-refractivity contribution is 0.701. The molecule has 3 aromatic rings. The van der Waals surface area contributed by atoms with Crippen molar-refractivity contribution in [2.45, 2.75) is 13.5 Å². The lowest BCUT2D eigenvalue weighted by Gasteiger charge is -2.11. The summed E-state index contributed by atoms with van der Waals surface area (Å²) in [6, 6.07) is 14.8. The van der Waals surface area contributed by atoms with Gasteiger partial charge in [0, 0.05) is 36.6 Å². The molecule has 3 nitrogen and oxygen atoms in total. The number of rotatable bonds is 4. The van der Waals surface area contributed by atoms with Gasteiger partial charge in [0.2, 0.25) is 0 Å². The van der Waals surface area contributed by atoms with E-state index in [2.05, 4.69) is 57.3 Å². The summed E-state index contributed by atoms with van der Waals surface area (Å²) in [6.45, 7) is 3.85. The summed E-state index contributed by atoms with van der Waals surface area (Å²) in [7, 11) is 0. The molecule has 0 aliphatic rings. The van der Waals surface area contributed by atoms with E-state index in [0.717, 1.165) is 18.9 Å². The minimum absolute atomic E-state index is 0.894. The smallest absolute Gasteiger partial charge is 0.105 e. The molecule has 2 aromatic carbocycles. The highest BCUT2D eigenvalue weighted by Gasteiger charge is 2.00. The average molecular weight is 251 g/mol. The third-order valence-electron chi connectivity index (χ3n) is 3.38. The van der Waals surface area contributed by atoms with E-state index in [9.17, 15) is 0 Å². The highest BCUT2D eigenvalue weighted by atomic mass is 15.1. The fraction of sp³-hybridized carbons (Fsp3) is 0.188. The molecule has 0 aliphatic carbocycles. The fourth-order valence-corrected chi connectivity index (χ4v) is 2.33. The molecule has 0 unspecified atom stereocenters. The zero-order chi connectivity index (χ0) is 13.1. The number of benzene rings is 2. The topological polar surface area (TPSA) is 29.9 Å². The first-order valence-electron chi connectivity index (χ1n) is 6.54. The highest BCUT2D eigenvalue weighted by molar-refractivity contribution is 5.93.